The Labute approximate surface area is 148 Å². The lowest BCUT2D eigenvalue weighted by atomic mass is 10.1. The van der Waals surface area contributed by atoms with Crippen molar-refractivity contribution in [3.8, 4) is 0 Å². The third-order valence-corrected chi connectivity index (χ3v) is 6.28. The van der Waals surface area contributed by atoms with Crippen molar-refractivity contribution in [3.63, 3.8) is 0 Å². The number of nitrogens with zero attached hydrogens (tertiary/aromatic N) is 1. The molecular formula is C19H22FNO3S. The maximum atomic E-state index is 13.0. The van der Waals surface area contributed by atoms with Crippen molar-refractivity contribution in [3.05, 3.63) is 65.5 Å². The van der Waals surface area contributed by atoms with Crippen LogP contribution in [0.15, 0.2) is 53.4 Å². The summed E-state index contributed by atoms with van der Waals surface area (Å²) in [4.78, 5) is 0.119. The SMILES string of the molecule is Cc1ccc(COC2CCCN(S(=O)(=O)c3ccc(F)cc3)C2)cc1. The molecule has 1 saturated heterocycles. The lowest BCUT2D eigenvalue weighted by molar-refractivity contribution is 0.00811. The zero-order valence-corrected chi connectivity index (χ0v) is 15.0. The quantitative estimate of drug-likeness (QED) is 0.817. The average molecular weight is 363 g/mol. The molecule has 0 radical (unpaired) electrons. The molecule has 1 aliphatic heterocycles. The van der Waals surface area contributed by atoms with Crippen molar-refractivity contribution in [2.75, 3.05) is 13.1 Å². The fourth-order valence-electron chi connectivity index (χ4n) is 2.91. The number of hydrogen-bond donors (Lipinski definition) is 0. The molecule has 1 atom stereocenters. The van der Waals surface area contributed by atoms with Gasteiger partial charge in [0.1, 0.15) is 5.82 Å². The molecule has 0 N–H and O–H groups in total. The lowest BCUT2D eigenvalue weighted by Gasteiger charge is -2.32. The van der Waals surface area contributed by atoms with E-state index in [0.717, 1.165) is 18.4 Å². The molecule has 134 valence electrons. The van der Waals surface area contributed by atoms with Crippen LogP contribution >= 0.6 is 0 Å². The van der Waals surface area contributed by atoms with E-state index in [1.807, 2.05) is 31.2 Å². The van der Waals surface area contributed by atoms with Crippen molar-refractivity contribution in [1.29, 1.82) is 0 Å². The summed E-state index contributed by atoms with van der Waals surface area (Å²) in [5.41, 5.74) is 2.27. The van der Waals surface area contributed by atoms with E-state index < -0.39 is 15.8 Å². The molecule has 2 aromatic rings. The van der Waals surface area contributed by atoms with Crippen molar-refractivity contribution < 1.29 is 17.5 Å². The molecule has 0 saturated carbocycles. The summed E-state index contributed by atoms with van der Waals surface area (Å²) in [6.07, 6.45) is 1.45. The summed E-state index contributed by atoms with van der Waals surface area (Å²) in [6, 6.07) is 13.1. The Hall–Kier alpha value is -1.76. The van der Waals surface area contributed by atoms with E-state index in [1.54, 1.807) is 0 Å². The second-order valence-corrected chi connectivity index (χ2v) is 8.32. The third kappa shape index (κ3) is 4.45. The van der Waals surface area contributed by atoms with Gasteiger partial charge in [0.05, 0.1) is 17.6 Å². The van der Waals surface area contributed by atoms with Crippen LogP contribution in [-0.2, 0) is 21.4 Å². The van der Waals surface area contributed by atoms with Gasteiger partial charge in [0.15, 0.2) is 0 Å². The minimum absolute atomic E-state index is 0.119. The molecule has 25 heavy (non-hydrogen) atoms. The molecule has 0 amide bonds. The molecule has 3 rings (SSSR count). The summed E-state index contributed by atoms with van der Waals surface area (Å²) in [5, 5.41) is 0. The smallest absolute Gasteiger partial charge is 0.243 e. The lowest BCUT2D eigenvalue weighted by Crippen LogP contribution is -2.43. The number of piperidine rings is 1. The fraction of sp³-hybridized carbons (Fsp3) is 0.368. The van der Waals surface area contributed by atoms with Gasteiger partial charge in [-0.25, -0.2) is 12.8 Å². The monoisotopic (exact) mass is 363 g/mol. The highest BCUT2D eigenvalue weighted by atomic mass is 32.2. The van der Waals surface area contributed by atoms with Gasteiger partial charge in [-0.05, 0) is 49.6 Å². The van der Waals surface area contributed by atoms with Gasteiger partial charge in [-0.3, -0.25) is 0 Å². The van der Waals surface area contributed by atoms with Gasteiger partial charge in [0.2, 0.25) is 10.0 Å². The number of hydrogen-bond acceptors (Lipinski definition) is 3. The first-order valence-corrected chi connectivity index (χ1v) is 9.82. The van der Waals surface area contributed by atoms with Crippen LogP contribution < -0.4 is 0 Å². The van der Waals surface area contributed by atoms with Crippen molar-refractivity contribution >= 4 is 10.0 Å². The molecule has 1 heterocycles. The summed E-state index contributed by atoms with van der Waals surface area (Å²) in [7, 11) is -3.61. The summed E-state index contributed by atoms with van der Waals surface area (Å²) >= 11 is 0. The van der Waals surface area contributed by atoms with Crippen LogP contribution in [0.4, 0.5) is 4.39 Å². The van der Waals surface area contributed by atoms with Gasteiger partial charge in [-0.15, -0.1) is 0 Å². The minimum atomic E-state index is -3.61. The zero-order valence-electron chi connectivity index (χ0n) is 14.2. The van der Waals surface area contributed by atoms with Gasteiger partial charge < -0.3 is 4.74 Å². The second kappa shape index (κ2) is 7.64. The molecule has 1 unspecified atom stereocenters. The number of sulfonamides is 1. The van der Waals surface area contributed by atoms with Gasteiger partial charge in [-0.1, -0.05) is 29.8 Å². The Morgan fingerprint density at radius 2 is 1.80 bits per heavy atom. The Bertz CT molecular complexity index is 804. The van der Waals surface area contributed by atoms with Gasteiger partial charge >= 0.3 is 0 Å². The summed E-state index contributed by atoms with van der Waals surface area (Å²) in [6.45, 7) is 3.29. The number of ether oxygens (including phenoxy) is 1. The molecule has 2 aromatic carbocycles. The van der Waals surface area contributed by atoms with E-state index in [-0.39, 0.29) is 11.0 Å². The van der Waals surface area contributed by atoms with E-state index in [0.29, 0.717) is 19.7 Å². The standard InChI is InChI=1S/C19H22FNO3S/c1-15-4-6-16(7-5-15)14-24-18-3-2-12-21(13-18)25(22,23)19-10-8-17(20)9-11-19/h4-11,18H,2-3,12-14H2,1H3. The predicted octanol–water partition coefficient (Wildman–Crippen LogP) is 3.50. The summed E-state index contributed by atoms with van der Waals surface area (Å²) in [5.74, 6) is -0.447. The number of halogens is 1. The Morgan fingerprint density at radius 1 is 1.12 bits per heavy atom. The zero-order chi connectivity index (χ0) is 17.9. The van der Waals surface area contributed by atoms with Crippen LogP contribution in [0.2, 0.25) is 0 Å². The molecule has 0 bridgehead atoms. The van der Waals surface area contributed by atoms with Crippen LogP contribution in [-0.4, -0.2) is 31.9 Å². The normalized spacial score (nSPS) is 19.0. The van der Waals surface area contributed by atoms with Crippen LogP contribution in [0.1, 0.15) is 24.0 Å². The maximum absolute atomic E-state index is 13.0. The third-order valence-electron chi connectivity index (χ3n) is 4.40. The molecular weight excluding hydrogens is 341 g/mol. The molecule has 1 fully saturated rings. The first-order valence-electron chi connectivity index (χ1n) is 8.38. The molecule has 0 spiro atoms. The molecule has 1 aliphatic rings. The number of aryl methyl sites for hydroxylation is 1. The molecule has 0 aliphatic carbocycles. The van der Waals surface area contributed by atoms with E-state index in [9.17, 15) is 12.8 Å². The van der Waals surface area contributed by atoms with Crippen molar-refractivity contribution in [1.82, 2.24) is 4.31 Å². The van der Waals surface area contributed by atoms with Crippen molar-refractivity contribution in [2.24, 2.45) is 0 Å². The Morgan fingerprint density at radius 3 is 2.48 bits per heavy atom. The summed E-state index contributed by atoms with van der Waals surface area (Å²) < 4.78 is 45.8. The van der Waals surface area contributed by atoms with Crippen LogP contribution in [0.3, 0.4) is 0 Å². The molecule has 0 aromatic heterocycles. The number of benzene rings is 2. The Balaban J connectivity index is 1.64. The van der Waals surface area contributed by atoms with E-state index >= 15 is 0 Å². The highest BCUT2D eigenvalue weighted by Gasteiger charge is 2.30. The van der Waals surface area contributed by atoms with Gasteiger partial charge in [0, 0.05) is 13.1 Å². The van der Waals surface area contributed by atoms with E-state index in [1.165, 1.54) is 34.1 Å². The Kier molecular flexibility index (Phi) is 5.51. The minimum Gasteiger partial charge on any atom is -0.372 e. The van der Waals surface area contributed by atoms with Crippen molar-refractivity contribution in [2.45, 2.75) is 37.4 Å². The van der Waals surface area contributed by atoms with Gasteiger partial charge in [0.25, 0.3) is 0 Å². The fourth-order valence-corrected chi connectivity index (χ4v) is 4.42. The molecule has 4 nitrogen and oxygen atoms in total. The van der Waals surface area contributed by atoms with E-state index in [2.05, 4.69) is 0 Å². The first-order chi connectivity index (χ1) is 11.9. The largest absolute Gasteiger partial charge is 0.372 e. The highest BCUT2D eigenvalue weighted by Crippen LogP contribution is 2.23. The highest BCUT2D eigenvalue weighted by molar-refractivity contribution is 7.89. The van der Waals surface area contributed by atoms with Gasteiger partial charge in [-0.2, -0.15) is 4.31 Å². The van der Waals surface area contributed by atoms with E-state index in [4.69, 9.17) is 4.74 Å². The first kappa shape index (κ1) is 18.0. The van der Waals surface area contributed by atoms with Crippen LogP contribution in [0, 0.1) is 12.7 Å². The second-order valence-electron chi connectivity index (χ2n) is 6.38. The number of rotatable bonds is 5. The maximum Gasteiger partial charge on any atom is 0.243 e. The average Bonchev–Trinajstić information content (AvgIpc) is 2.62. The topological polar surface area (TPSA) is 46.6 Å². The molecule has 6 heteroatoms. The predicted molar refractivity (Wildman–Crippen MR) is 94.1 cm³/mol. The van der Waals surface area contributed by atoms with Crippen LogP contribution in [0.25, 0.3) is 0 Å². The van der Waals surface area contributed by atoms with Crippen LogP contribution in [0.5, 0.6) is 0 Å².